The summed E-state index contributed by atoms with van der Waals surface area (Å²) in [5.74, 6) is -0.283. The van der Waals surface area contributed by atoms with E-state index in [2.05, 4.69) is 0 Å². The Hall–Kier alpha value is -2.37. The number of ether oxygens (including phenoxy) is 1. The molecule has 2 nitrogen and oxygen atoms in total. The molecule has 0 radical (unpaired) electrons. The molecular formula is C14H8F4O2. The molecule has 2 rings (SSSR count). The van der Waals surface area contributed by atoms with Crippen LogP contribution in [0.2, 0.25) is 0 Å². The summed E-state index contributed by atoms with van der Waals surface area (Å²) in [6.07, 6.45) is -4.26. The van der Waals surface area contributed by atoms with Crippen molar-refractivity contribution in [1.29, 1.82) is 0 Å². The fraction of sp³-hybridized carbons (Fsp3) is 0.0714. The first-order chi connectivity index (χ1) is 9.40. The molecule has 0 atom stereocenters. The maximum absolute atomic E-state index is 12.7. The molecule has 0 aliphatic carbocycles. The SMILES string of the molecule is O=Cc1cc(C(F)(F)F)ccc1Oc1ccc(F)cc1. The number of halogens is 4. The van der Waals surface area contributed by atoms with Crippen LogP contribution in [0, 0.1) is 5.82 Å². The molecule has 2 aromatic carbocycles. The monoisotopic (exact) mass is 284 g/mol. The van der Waals surface area contributed by atoms with Gasteiger partial charge in [-0.15, -0.1) is 0 Å². The number of rotatable bonds is 3. The van der Waals surface area contributed by atoms with E-state index >= 15 is 0 Å². The van der Waals surface area contributed by atoms with Crippen LogP contribution >= 0.6 is 0 Å². The van der Waals surface area contributed by atoms with Crippen molar-refractivity contribution >= 4 is 6.29 Å². The molecule has 0 spiro atoms. The first-order valence-electron chi connectivity index (χ1n) is 5.50. The Morgan fingerprint density at radius 3 is 2.20 bits per heavy atom. The number of carbonyl (C=O) groups is 1. The first kappa shape index (κ1) is 14.0. The summed E-state index contributed by atoms with van der Waals surface area (Å²) in [4.78, 5) is 10.8. The third kappa shape index (κ3) is 3.14. The molecule has 0 N–H and O–H groups in total. The number of aldehydes is 1. The average Bonchev–Trinajstić information content (AvgIpc) is 2.40. The van der Waals surface area contributed by atoms with Crippen LogP contribution in [-0.2, 0) is 6.18 Å². The van der Waals surface area contributed by atoms with E-state index < -0.39 is 17.6 Å². The molecule has 0 heterocycles. The Kier molecular flexibility index (Phi) is 3.74. The quantitative estimate of drug-likeness (QED) is 0.615. The van der Waals surface area contributed by atoms with E-state index in [1.54, 1.807) is 0 Å². The van der Waals surface area contributed by atoms with Gasteiger partial charge in [0.05, 0.1) is 11.1 Å². The highest BCUT2D eigenvalue weighted by atomic mass is 19.4. The van der Waals surface area contributed by atoms with Gasteiger partial charge in [0.15, 0.2) is 6.29 Å². The van der Waals surface area contributed by atoms with E-state index in [1.807, 2.05) is 0 Å². The minimum atomic E-state index is -4.54. The zero-order chi connectivity index (χ0) is 14.8. The Balaban J connectivity index is 2.32. The smallest absolute Gasteiger partial charge is 0.416 e. The second kappa shape index (κ2) is 5.32. The largest absolute Gasteiger partial charge is 0.457 e. The van der Waals surface area contributed by atoms with Crippen molar-refractivity contribution in [1.82, 2.24) is 0 Å². The van der Waals surface area contributed by atoms with E-state index in [0.29, 0.717) is 6.07 Å². The Morgan fingerprint density at radius 1 is 1.00 bits per heavy atom. The van der Waals surface area contributed by atoms with Crippen LogP contribution < -0.4 is 4.74 Å². The lowest BCUT2D eigenvalue weighted by atomic mass is 10.1. The van der Waals surface area contributed by atoms with Crippen LogP contribution in [0.1, 0.15) is 15.9 Å². The predicted octanol–water partition coefficient (Wildman–Crippen LogP) is 4.45. The number of benzene rings is 2. The highest BCUT2D eigenvalue weighted by Crippen LogP contribution is 2.33. The van der Waals surface area contributed by atoms with Gasteiger partial charge in [0.25, 0.3) is 0 Å². The van der Waals surface area contributed by atoms with Crippen LogP contribution in [0.15, 0.2) is 42.5 Å². The topological polar surface area (TPSA) is 26.3 Å². The van der Waals surface area contributed by atoms with Crippen LogP contribution in [0.25, 0.3) is 0 Å². The van der Waals surface area contributed by atoms with Gasteiger partial charge in [-0.3, -0.25) is 4.79 Å². The van der Waals surface area contributed by atoms with Gasteiger partial charge in [-0.2, -0.15) is 13.2 Å². The van der Waals surface area contributed by atoms with Gasteiger partial charge in [0, 0.05) is 0 Å². The molecule has 0 saturated carbocycles. The van der Waals surface area contributed by atoms with E-state index in [1.165, 1.54) is 12.1 Å². The van der Waals surface area contributed by atoms with Gasteiger partial charge in [-0.1, -0.05) is 0 Å². The van der Waals surface area contributed by atoms with Crippen LogP contribution in [0.5, 0.6) is 11.5 Å². The van der Waals surface area contributed by atoms with Crippen molar-refractivity contribution in [2.24, 2.45) is 0 Å². The van der Waals surface area contributed by atoms with Crippen molar-refractivity contribution in [2.45, 2.75) is 6.18 Å². The highest BCUT2D eigenvalue weighted by Gasteiger charge is 2.31. The Bertz CT molecular complexity index is 618. The highest BCUT2D eigenvalue weighted by molar-refractivity contribution is 5.80. The predicted molar refractivity (Wildman–Crippen MR) is 63.3 cm³/mol. The molecule has 0 aliphatic heterocycles. The summed E-state index contributed by atoms with van der Waals surface area (Å²) in [5.41, 5.74) is -1.17. The van der Waals surface area contributed by atoms with E-state index in [-0.39, 0.29) is 23.3 Å². The minimum Gasteiger partial charge on any atom is -0.457 e. The van der Waals surface area contributed by atoms with Gasteiger partial charge >= 0.3 is 6.18 Å². The molecule has 0 fully saturated rings. The maximum atomic E-state index is 12.7. The summed E-state index contributed by atoms with van der Waals surface area (Å²) >= 11 is 0. The summed E-state index contributed by atoms with van der Waals surface area (Å²) in [7, 11) is 0. The normalized spacial score (nSPS) is 11.2. The summed E-state index contributed by atoms with van der Waals surface area (Å²) < 4.78 is 55.5. The number of alkyl halides is 3. The standard InChI is InChI=1S/C14H8F4O2/c15-11-2-4-12(5-3-11)20-13-6-1-10(14(16,17)18)7-9(13)8-19/h1-8H. The van der Waals surface area contributed by atoms with Gasteiger partial charge < -0.3 is 4.74 Å². The van der Waals surface area contributed by atoms with Gasteiger partial charge in [0.2, 0.25) is 0 Å². The van der Waals surface area contributed by atoms with E-state index in [4.69, 9.17) is 4.74 Å². The van der Waals surface area contributed by atoms with Crippen LogP contribution in [-0.4, -0.2) is 6.29 Å². The van der Waals surface area contributed by atoms with Gasteiger partial charge in [0.1, 0.15) is 17.3 Å². The lowest BCUT2D eigenvalue weighted by Gasteiger charge is -2.11. The lowest BCUT2D eigenvalue weighted by Crippen LogP contribution is -2.05. The van der Waals surface area contributed by atoms with Gasteiger partial charge in [-0.05, 0) is 42.5 Å². The molecule has 0 saturated heterocycles. The van der Waals surface area contributed by atoms with E-state index in [0.717, 1.165) is 24.3 Å². The molecular weight excluding hydrogens is 276 g/mol. The third-order valence-electron chi connectivity index (χ3n) is 2.51. The zero-order valence-electron chi connectivity index (χ0n) is 9.95. The average molecular weight is 284 g/mol. The second-order valence-electron chi connectivity index (χ2n) is 3.92. The summed E-state index contributed by atoms with van der Waals surface area (Å²) in [6, 6.07) is 7.46. The second-order valence-corrected chi connectivity index (χ2v) is 3.92. The first-order valence-corrected chi connectivity index (χ1v) is 5.50. The van der Waals surface area contributed by atoms with Crippen molar-refractivity contribution in [2.75, 3.05) is 0 Å². The molecule has 20 heavy (non-hydrogen) atoms. The fourth-order valence-corrected chi connectivity index (χ4v) is 1.54. The molecule has 0 aliphatic rings. The molecule has 104 valence electrons. The summed E-state index contributed by atoms with van der Waals surface area (Å²) in [5, 5.41) is 0. The van der Waals surface area contributed by atoms with Crippen molar-refractivity contribution in [3.8, 4) is 11.5 Å². The molecule has 0 bridgehead atoms. The zero-order valence-corrected chi connectivity index (χ0v) is 9.95. The molecule has 0 unspecified atom stereocenters. The lowest BCUT2D eigenvalue weighted by molar-refractivity contribution is -0.137. The Labute approximate surface area is 111 Å². The van der Waals surface area contributed by atoms with Crippen molar-refractivity contribution < 1.29 is 27.1 Å². The van der Waals surface area contributed by atoms with Crippen LogP contribution in [0.4, 0.5) is 17.6 Å². The maximum Gasteiger partial charge on any atom is 0.416 e. The Morgan fingerprint density at radius 2 is 1.65 bits per heavy atom. The van der Waals surface area contributed by atoms with Crippen LogP contribution in [0.3, 0.4) is 0 Å². The molecule has 2 aromatic rings. The van der Waals surface area contributed by atoms with Gasteiger partial charge in [-0.25, -0.2) is 4.39 Å². The molecule has 6 heteroatoms. The molecule has 0 amide bonds. The summed E-state index contributed by atoms with van der Waals surface area (Å²) in [6.45, 7) is 0. The van der Waals surface area contributed by atoms with Crippen molar-refractivity contribution in [3.05, 3.63) is 59.4 Å². The third-order valence-corrected chi connectivity index (χ3v) is 2.51. The molecule has 0 aromatic heterocycles. The fourth-order valence-electron chi connectivity index (χ4n) is 1.54. The number of carbonyl (C=O) groups excluding carboxylic acids is 1. The van der Waals surface area contributed by atoms with E-state index in [9.17, 15) is 22.4 Å². The number of hydrogen-bond donors (Lipinski definition) is 0. The van der Waals surface area contributed by atoms with Crippen molar-refractivity contribution in [3.63, 3.8) is 0 Å². The minimum absolute atomic E-state index is 0.0281. The number of hydrogen-bond acceptors (Lipinski definition) is 2.